The molecule has 1 N–H and O–H groups in total. The van der Waals surface area contributed by atoms with E-state index < -0.39 is 0 Å². The van der Waals surface area contributed by atoms with E-state index in [1.165, 1.54) is 0 Å². The quantitative estimate of drug-likeness (QED) is 0.564. The second-order valence-corrected chi connectivity index (χ2v) is 5.53. The van der Waals surface area contributed by atoms with Gasteiger partial charge in [0.25, 0.3) is 5.91 Å². The van der Waals surface area contributed by atoms with Gasteiger partial charge in [0.15, 0.2) is 6.61 Å². The van der Waals surface area contributed by atoms with E-state index in [4.69, 9.17) is 16.3 Å². The Balaban J connectivity index is 1.55. The lowest BCUT2D eigenvalue weighted by Gasteiger charge is -2.06. The van der Waals surface area contributed by atoms with Crippen molar-refractivity contribution in [3.8, 4) is 5.75 Å². The van der Waals surface area contributed by atoms with E-state index in [1.807, 2.05) is 42.5 Å². The number of halogens is 1. The molecule has 0 saturated heterocycles. The topological polar surface area (TPSA) is 50.7 Å². The Labute approximate surface area is 144 Å². The van der Waals surface area contributed by atoms with E-state index in [-0.39, 0.29) is 12.5 Å². The lowest BCUT2D eigenvalue weighted by atomic mass is 10.1. The van der Waals surface area contributed by atoms with Crippen LogP contribution in [0, 0.1) is 0 Å². The number of hydrazone groups is 1. The van der Waals surface area contributed by atoms with Gasteiger partial charge in [-0.15, -0.1) is 0 Å². The average molecular weight is 339 g/mol. The Morgan fingerprint density at radius 3 is 2.62 bits per heavy atom. The van der Waals surface area contributed by atoms with Gasteiger partial charge in [0.2, 0.25) is 0 Å². The van der Waals surface area contributed by atoms with Crippen molar-refractivity contribution in [2.45, 2.75) is 0 Å². The van der Waals surface area contributed by atoms with Crippen LogP contribution in [0.4, 0.5) is 0 Å². The average Bonchev–Trinajstić information content (AvgIpc) is 2.61. The molecule has 4 nitrogen and oxygen atoms in total. The molecule has 0 atom stereocenters. The first kappa shape index (κ1) is 16.0. The van der Waals surface area contributed by atoms with Crippen LogP contribution < -0.4 is 10.2 Å². The van der Waals surface area contributed by atoms with Gasteiger partial charge in [-0.05, 0) is 34.5 Å². The minimum Gasteiger partial charge on any atom is -0.482 e. The Hall–Kier alpha value is -2.85. The van der Waals surface area contributed by atoms with E-state index in [9.17, 15) is 4.79 Å². The highest BCUT2D eigenvalue weighted by molar-refractivity contribution is 6.32. The molecule has 3 aromatic rings. The molecule has 0 spiro atoms. The summed E-state index contributed by atoms with van der Waals surface area (Å²) in [5.41, 5.74) is 3.34. The van der Waals surface area contributed by atoms with E-state index in [2.05, 4.69) is 10.5 Å². The molecule has 0 saturated carbocycles. The number of carbonyl (C=O) groups excluding carboxylic acids is 1. The molecule has 0 fully saturated rings. The number of nitrogens with one attached hydrogen (secondary N) is 1. The van der Waals surface area contributed by atoms with Gasteiger partial charge in [0.05, 0.1) is 11.2 Å². The van der Waals surface area contributed by atoms with Crippen molar-refractivity contribution in [3.05, 3.63) is 77.3 Å². The van der Waals surface area contributed by atoms with Gasteiger partial charge in [-0.25, -0.2) is 5.43 Å². The third-order valence-electron chi connectivity index (χ3n) is 3.37. The van der Waals surface area contributed by atoms with Crippen molar-refractivity contribution in [1.29, 1.82) is 0 Å². The monoisotopic (exact) mass is 338 g/mol. The van der Waals surface area contributed by atoms with E-state index >= 15 is 0 Å². The van der Waals surface area contributed by atoms with E-state index in [0.29, 0.717) is 10.8 Å². The van der Waals surface area contributed by atoms with Crippen molar-refractivity contribution < 1.29 is 9.53 Å². The van der Waals surface area contributed by atoms with Crippen LogP contribution in [0.2, 0.25) is 5.02 Å². The zero-order chi connectivity index (χ0) is 16.8. The van der Waals surface area contributed by atoms with Crippen molar-refractivity contribution in [1.82, 2.24) is 5.43 Å². The number of nitrogens with zero attached hydrogens (tertiary/aromatic N) is 1. The van der Waals surface area contributed by atoms with Crippen LogP contribution in [0.15, 0.2) is 71.8 Å². The second-order valence-electron chi connectivity index (χ2n) is 5.12. The van der Waals surface area contributed by atoms with Gasteiger partial charge in [-0.2, -0.15) is 5.10 Å². The maximum Gasteiger partial charge on any atom is 0.277 e. The Bertz CT molecular complexity index is 893. The predicted octanol–water partition coefficient (Wildman–Crippen LogP) is 4.02. The minimum atomic E-state index is -0.355. The largest absolute Gasteiger partial charge is 0.482 e. The van der Waals surface area contributed by atoms with E-state index in [0.717, 1.165) is 16.3 Å². The Kier molecular flexibility index (Phi) is 5.08. The molecule has 3 aromatic carbocycles. The molecule has 0 bridgehead atoms. The minimum absolute atomic E-state index is 0.154. The highest BCUT2D eigenvalue weighted by Gasteiger charge is 2.04. The van der Waals surface area contributed by atoms with Crippen LogP contribution in [0.1, 0.15) is 5.56 Å². The van der Waals surface area contributed by atoms with Crippen molar-refractivity contribution in [2.75, 3.05) is 6.61 Å². The summed E-state index contributed by atoms with van der Waals surface area (Å²) in [5, 5.41) is 6.69. The van der Waals surface area contributed by atoms with Crippen LogP contribution >= 0.6 is 11.6 Å². The number of ether oxygens (including phenoxy) is 1. The molecule has 0 aliphatic heterocycles. The fourth-order valence-corrected chi connectivity index (χ4v) is 2.39. The molecular formula is C19H15ClN2O2. The summed E-state index contributed by atoms with van der Waals surface area (Å²) < 4.78 is 5.34. The molecule has 0 heterocycles. The van der Waals surface area contributed by atoms with Gasteiger partial charge >= 0.3 is 0 Å². The van der Waals surface area contributed by atoms with Gasteiger partial charge in [-0.1, -0.05) is 60.1 Å². The van der Waals surface area contributed by atoms with Crippen molar-refractivity contribution >= 4 is 34.5 Å². The molecule has 1 amide bonds. The number of benzene rings is 3. The van der Waals surface area contributed by atoms with Crippen molar-refractivity contribution in [3.63, 3.8) is 0 Å². The first-order chi connectivity index (χ1) is 11.7. The summed E-state index contributed by atoms with van der Waals surface area (Å²) in [6, 6.07) is 21.0. The molecule has 0 aromatic heterocycles. The molecule has 120 valence electrons. The number of hydrogen-bond donors (Lipinski definition) is 1. The molecule has 0 unspecified atom stereocenters. The number of para-hydroxylation sites is 1. The molecule has 3 rings (SSSR count). The maximum atomic E-state index is 11.7. The lowest BCUT2D eigenvalue weighted by molar-refractivity contribution is -0.123. The zero-order valence-electron chi connectivity index (χ0n) is 12.8. The smallest absolute Gasteiger partial charge is 0.277 e. The Morgan fingerprint density at radius 1 is 1.04 bits per heavy atom. The molecular weight excluding hydrogens is 324 g/mol. The molecule has 0 aliphatic carbocycles. The standard InChI is InChI=1S/C19H15ClN2O2/c20-17-7-3-4-8-18(17)24-13-19(23)22-21-12-14-9-10-15-5-1-2-6-16(15)11-14/h1-12H,13H2,(H,22,23)/b21-12-. The normalized spacial score (nSPS) is 10.9. The summed E-state index contributed by atoms with van der Waals surface area (Å²) in [7, 11) is 0. The van der Waals surface area contributed by atoms with Crippen LogP contribution in [0.25, 0.3) is 10.8 Å². The highest BCUT2D eigenvalue weighted by atomic mass is 35.5. The third kappa shape index (κ3) is 4.12. The number of rotatable bonds is 5. The summed E-state index contributed by atoms with van der Waals surface area (Å²) in [4.78, 5) is 11.7. The number of hydrogen-bond acceptors (Lipinski definition) is 3. The lowest BCUT2D eigenvalue weighted by Crippen LogP contribution is -2.24. The zero-order valence-corrected chi connectivity index (χ0v) is 13.5. The van der Waals surface area contributed by atoms with Crippen LogP contribution in [-0.4, -0.2) is 18.7 Å². The van der Waals surface area contributed by atoms with Crippen LogP contribution in [-0.2, 0) is 4.79 Å². The van der Waals surface area contributed by atoms with Crippen LogP contribution in [0.3, 0.4) is 0 Å². The molecule has 0 aliphatic rings. The number of amides is 1. The Morgan fingerprint density at radius 2 is 1.79 bits per heavy atom. The highest BCUT2D eigenvalue weighted by Crippen LogP contribution is 2.22. The SMILES string of the molecule is O=C(COc1ccccc1Cl)N/N=C\c1ccc2ccccc2c1. The van der Waals surface area contributed by atoms with E-state index in [1.54, 1.807) is 30.5 Å². The van der Waals surface area contributed by atoms with Crippen LogP contribution in [0.5, 0.6) is 5.75 Å². The number of fused-ring (bicyclic) bond motifs is 1. The molecule has 0 radical (unpaired) electrons. The third-order valence-corrected chi connectivity index (χ3v) is 3.68. The van der Waals surface area contributed by atoms with Crippen molar-refractivity contribution in [2.24, 2.45) is 5.10 Å². The molecule has 5 heteroatoms. The summed E-state index contributed by atoms with van der Waals surface area (Å²) in [6.07, 6.45) is 1.60. The first-order valence-electron chi connectivity index (χ1n) is 7.40. The van der Waals surface area contributed by atoms with Gasteiger partial charge in [0.1, 0.15) is 5.75 Å². The van der Waals surface area contributed by atoms with Gasteiger partial charge < -0.3 is 4.74 Å². The number of carbonyl (C=O) groups is 1. The first-order valence-corrected chi connectivity index (χ1v) is 7.78. The second kappa shape index (κ2) is 7.62. The summed E-state index contributed by atoms with van der Waals surface area (Å²) >= 11 is 5.95. The molecule has 24 heavy (non-hydrogen) atoms. The summed E-state index contributed by atoms with van der Waals surface area (Å²) in [5.74, 6) is 0.111. The predicted molar refractivity (Wildman–Crippen MR) is 96.6 cm³/mol. The maximum absolute atomic E-state index is 11.7. The fourth-order valence-electron chi connectivity index (χ4n) is 2.20. The summed E-state index contributed by atoms with van der Waals surface area (Å²) in [6.45, 7) is -0.154. The van der Waals surface area contributed by atoms with Gasteiger partial charge in [-0.3, -0.25) is 4.79 Å². The van der Waals surface area contributed by atoms with Gasteiger partial charge in [0, 0.05) is 0 Å². The fraction of sp³-hybridized carbons (Fsp3) is 0.0526.